The van der Waals surface area contributed by atoms with Gasteiger partial charge in [-0.3, -0.25) is 4.79 Å². The van der Waals surface area contributed by atoms with E-state index in [1.165, 1.54) is 4.88 Å². The zero-order valence-electron chi connectivity index (χ0n) is 15.9. The smallest absolute Gasteiger partial charge is 0.219 e. The van der Waals surface area contributed by atoms with Crippen LogP contribution in [0.15, 0.2) is 51.6 Å². The summed E-state index contributed by atoms with van der Waals surface area (Å²) in [6.45, 7) is 1.03. The third kappa shape index (κ3) is 2.85. The largest absolute Gasteiger partial charge is 0.486 e. The number of carbonyl (C=O) groups excluding carboxylic acids is 1. The Morgan fingerprint density at radius 2 is 1.90 bits per heavy atom. The molecule has 0 amide bonds. The van der Waals surface area contributed by atoms with E-state index in [4.69, 9.17) is 14.1 Å². The lowest BCUT2D eigenvalue weighted by molar-refractivity contribution is -0.116. The Labute approximate surface area is 175 Å². The molecule has 2 N–H and O–H groups in total. The van der Waals surface area contributed by atoms with Crippen LogP contribution in [0.2, 0.25) is 0 Å². The van der Waals surface area contributed by atoms with Gasteiger partial charge in [-0.2, -0.15) is 0 Å². The minimum Gasteiger partial charge on any atom is -0.486 e. The number of thiophene rings is 1. The van der Waals surface area contributed by atoms with E-state index < -0.39 is 6.04 Å². The number of anilines is 2. The van der Waals surface area contributed by atoms with Crippen molar-refractivity contribution in [2.24, 2.45) is 0 Å². The highest BCUT2D eigenvalue weighted by Crippen LogP contribution is 2.45. The fourth-order valence-electron chi connectivity index (χ4n) is 4.32. The van der Waals surface area contributed by atoms with Crippen molar-refractivity contribution >= 4 is 28.8 Å². The summed E-state index contributed by atoms with van der Waals surface area (Å²) in [5, 5.41) is 16.6. The van der Waals surface area contributed by atoms with E-state index in [1.54, 1.807) is 11.3 Å². The molecule has 0 spiro atoms. The quantitative estimate of drug-likeness (QED) is 0.642. The van der Waals surface area contributed by atoms with Gasteiger partial charge in [0.05, 0.1) is 6.04 Å². The molecule has 8 nitrogen and oxygen atoms in total. The summed E-state index contributed by atoms with van der Waals surface area (Å²) in [6.07, 6.45) is 1.19. The number of carbonyl (C=O) groups is 1. The van der Waals surface area contributed by atoms with E-state index in [2.05, 4.69) is 27.0 Å². The third-order valence-corrected chi connectivity index (χ3v) is 6.72. The zero-order chi connectivity index (χ0) is 20.1. The maximum Gasteiger partial charge on any atom is 0.219 e. The number of aromatic nitrogens is 2. The van der Waals surface area contributed by atoms with Crippen LogP contribution in [0.4, 0.5) is 11.6 Å². The standard InChI is InChI=1S/C21H18N4O4S/c26-14-9-12(17-2-1-7-30-17)8-13-18(14)19(23-21-20(22-13)24-29-25-21)11-3-4-15-16(10-11)28-6-5-27-15/h1-4,7,10,12,19H,5-6,8-9H2,(H,22,24)(H,23,25). The first kappa shape index (κ1) is 17.5. The van der Waals surface area contributed by atoms with Gasteiger partial charge in [-0.15, -0.1) is 11.3 Å². The highest BCUT2D eigenvalue weighted by Gasteiger charge is 2.38. The average molecular weight is 422 g/mol. The van der Waals surface area contributed by atoms with Gasteiger partial charge >= 0.3 is 0 Å². The summed E-state index contributed by atoms with van der Waals surface area (Å²) in [7, 11) is 0. The number of rotatable bonds is 2. The molecule has 0 radical (unpaired) electrons. The molecule has 2 atom stereocenters. The van der Waals surface area contributed by atoms with Crippen molar-refractivity contribution in [3.05, 3.63) is 57.4 Å². The van der Waals surface area contributed by atoms with Crippen molar-refractivity contribution in [2.45, 2.75) is 24.8 Å². The minimum absolute atomic E-state index is 0.108. The molecule has 6 rings (SSSR count). The van der Waals surface area contributed by atoms with Crippen molar-refractivity contribution in [2.75, 3.05) is 23.8 Å². The van der Waals surface area contributed by atoms with Crippen LogP contribution in [-0.2, 0) is 4.79 Å². The number of ketones is 1. The van der Waals surface area contributed by atoms with Crippen LogP contribution in [0.1, 0.15) is 35.2 Å². The lowest BCUT2D eigenvalue weighted by Gasteiger charge is -2.29. The molecule has 3 aromatic rings. The molecule has 0 fully saturated rings. The van der Waals surface area contributed by atoms with E-state index in [0.29, 0.717) is 48.3 Å². The number of fused-ring (bicyclic) bond motifs is 2. The Kier molecular flexibility index (Phi) is 4.02. The van der Waals surface area contributed by atoms with Crippen LogP contribution >= 0.6 is 11.3 Å². The van der Waals surface area contributed by atoms with Gasteiger partial charge in [0.25, 0.3) is 0 Å². The van der Waals surface area contributed by atoms with Gasteiger partial charge in [-0.1, -0.05) is 12.1 Å². The Hall–Kier alpha value is -3.33. The first-order valence-corrected chi connectivity index (χ1v) is 10.7. The molecule has 2 aliphatic heterocycles. The first-order chi connectivity index (χ1) is 14.8. The predicted octanol–water partition coefficient (Wildman–Crippen LogP) is 3.88. The number of benzene rings is 1. The molecule has 0 saturated carbocycles. The van der Waals surface area contributed by atoms with Crippen LogP contribution in [0.3, 0.4) is 0 Å². The number of ether oxygens (including phenoxy) is 2. The van der Waals surface area contributed by atoms with E-state index >= 15 is 0 Å². The zero-order valence-corrected chi connectivity index (χ0v) is 16.7. The predicted molar refractivity (Wildman–Crippen MR) is 110 cm³/mol. The van der Waals surface area contributed by atoms with Crippen LogP contribution < -0.4 is 20.1 Å². The van der Waals surface area contributed by atoms with E-state index in [9.17, 15) is 4.79 Å². The van der Waals surface area contributed by atoms with E-state index in [1.807, 2.05) is 29.6 Å². The fraction of sp³-hybridized carbons (Fsp3) is 0.286. The van der Waals surface area contributed by atoms with Gasteiger partial charge in [0.2, 0.25) is 11.6 Å². The molecule has 2 aromatic heterocycles. The maximum absolute atomic E-state index is 13.4. The van der Waals surface area contributed by atoms with E-state index in [-0.39, 0.29) is 11.7 Å². The molecular weight excluding hydrogens is 404 g/mol. The summed E-state index contributed by atoms with van der Waals surface area (Å²) < 4.78 is 16.3. The van der Waals surface area contributed by atoms with Crippen molar-refractivity contribution < 1.29 is 18.9 Å². The second kappa shape index (κ2) is 6.88. The normalized spacial score (nSPS) is 22.5. The summed E-state index contributed by atoms with van der Waals surface area (Å²) in [5.41, 5.74) is 2.46. The monoisotopic (exact) mass is 422 g/mol. The molecular formula is C21H18N4O4S. The molecule has 4 heterocycles. The highest BCUT2D eigenvalue weighted by molar-refractivity contribution is 7.10. The van der Waals surface area contributed by atoms with Crippen molar-refractivity contribution in [3.63, 3.8) is 0 Å². The summed E-state index contributed by atoms with van der Waals surface area (Å²) >= 11 is 1.68. The van der Waals surface area contributed by atoms with E-state index in [0.717, 1.165) is 17.7 Å². The Bertz CT molecular complexity index is 1150. The van der Waals surface area contributed by atoms with Gasteiger partial charge in [0, 0.05) is 28.5 Å². The van der Waals surface area contributed by atoms with Crippen LogP contribution in [0.5, 0.6) is 11.5 Å². The Balaban J connectivity index is 1.45. The number of hydrogen-bond acceptors (Lipinski definition) is 9. The second-order valence-electron chi connectivity index (χ2n) is 7.50. The first-order valence-electron chi connectivity index (χ1n) is 9.81. The number of allylic oxidation sites excluding steroid dienone is 1. The maximum atomic E-state index is 13.4. The number of hydrogen-bond donors (Lipinski definition) is 2. The minimum atomic E-state index is -0.395. The van der Waals surface area contributed by atoms with Gasteiger partial charge in [0.1, 0.15) is 13.2 Å². The van der Waals surface area contributed by atoms with Crippen LogP contribution in [-0.4, -0.2) is 29.3 Å². The molecule has 2 unspecified atom stereocenters. The van der Waals surface area contributed by atoms with Gasteiger partial charge < -0.3 is 20.1 Å². The lowest BCUT2D eigenvalue weighted by atomic mass is 9.81. The average Bonchev–Trinajstić information content (AvgIpc) is 3.42. The second-order valence-corrected chi connectivity index (χ2v) is 8.48. The molecule has 3 aliphatic rings. The SMILES string of the molecule is O=C1CC(c2cccs2)CC2=C1C(c1ccc3c(c1)OCCO3)Nc1nonc1N2. The van der Waals surface area contributed by atoms with Crippen LogP contribution in [0, 0.1) is 0 Å². The molecule has 30 heavy (non-hydrogen) atoms. The van der Waals surface area contributed by atoms with Crippen molar-refractivity contribution in [3.8, 4) is 11.5 Å². The number of nitrogens with one attached hydrogen (secondary N) is 2. The molecule has 9 heteroatoms. The third-order valence-electron chi connectivity index (χ3n) is 5.68. The Morgan fingerprint density at radius 3 is 2.77 bits per heavy atom. The Morgan fingerprint density at radius 1 is 1.03 bits per heavy atom. The van der Waals surface area contributed by atoms with Crippen molar-refractivity contribution in [1.82, 2.24) is 10.3 Å². The number of nitrogens with zero attached hydrogens (tertiary/aromatic N) is 2. The molecule has 1 aromatic carbocycles. The molecule has 152 valence electrons. The molecule has 0 bridgehead atoms. The lowest BCUT2D eigenvalue weighted by Crippen LogP contribution is -2.27. The van der Waals surface area contributed by atoms with Gasteiger partial charge in [-0.05, 0) is 45.9 Å². The van der Waals surface area contributed by atoms with Gasteiger partial charge in [-0.25, -0.2) is 4.63 Å². The van der Waals surface area contributed by atoms with Crippen molar-refractivity contribution in [1.29, 1.82) is 0 Å². The van der Waals surface area contributed by atoms with Gasteiger partial charge in [0.15, 0.2) is 17.3 Å². The topological polar surface area (TPSA) is 98.5 Å². The molecule has 0 saturated heterocycles. The fourth-order valence-corrected chi connectivity index (χ4v) is 5.15. The summed E-state index contributed by atoms with van der Waals surface area (Å²) in [5.74, 6) is 2.61. The highest BCUT2D eigenvalue weighted by atomic mass is 32.1. The number of Topliss-reactive ketones (excluding diaryl/α,β-unsaturated/α-hetero) is 1. The van der Waals surface area contributed by atoms with Crippen LogP contribution in [0.25, 0.3) is 0 Å². The molecule has 1 aliphatic carbocycles. The summed E-state index contributed by atoms with van der Waals surface area (Å²) in [4.78, 5) is 14.6. The summed E-state index contributed by atoms with van der Waals surface area (Å²) in [6, 6.07) is 9.47.